The second-order valence-corrected chi connectivity index (χ2v) is 6.35. The van der Waals surface area contributed by atoms with E-state index in [4.69, 9.17) is 0 Å². The summed E-state index contributed by atoms with van der Waals surface area (Å²) in [5.74, 6) is 0. The molecule has 1 aromatic rings. The summed E-state index contributed by atoms with van der Waals surface area (Å²) in [5, 5.41) is 3.68. The maximum atomic E-state index is 3.86. The molecule has 0 aliphatic rings. The highest BCUT2D eigenvalue weighted by Gasteiger charge is 2.09. The Kier molecular flexibility index (Phi) is 8.71. The number of aryl methyl sites for hydroxylation is 2. The van der Waals surface area contributed by atoms with Gasteiger partial charge in [0.15, 0.2) is 0 Å². The topological polar surface area (TPSA) is 15.3 Å². The molecule has 2 nitrogen and oxygen atoms in total. The predicted molar refractivity (Wildman–Crippen MR) is 104 cm³/mol. The standard InChI is InChI=1S/C21H34N2/c1-7-11-21(20-14-13-17(4)16-18(20)5)22-19(6)12-10-15-23(8-2)9-3/h7,11,13-14,16,19,22H,1,8-10,12,15H2,2-6H3/b21-11+. The Morgan fingerprint density at radius 1 is 1.26 bits per heavy atom. The fourth-order valence-electron chi connectivity index (χ4n) is 2.95. The number of allylic oxidation sites excluding steroid dienone is 2. The average molecular weight is 315 g/mol. The van der Waals surface area contributed by atoms with Crippen LogP contribution in [0.15, 0.2) is 36.9 Å². The summed E-state index contributed by atoms with van der Waals surface area (Å²) in [7, 11) is 0. The summed E-state index contributed by atoms with van der Waals surface area (Å²) in [6.45, 7) is 18.4. The molecule has 0 heterocycles. The van der Waals surface area contributed by atoms with E-state index in [0.29, 0.717) is 6.04 Å². The van der Waals surface area contributed by atoms with E-state index in [1.165, 1.54) is 41.8 Å². The molecule has 128 valence electrons. The Labute approximate surface area is 143 Å². The van der Waals surface area contributed by atoms with Crippen molar-refractivity contribution in [2.75, 3.05) is 19.6 Å². The van der Waals surface area contributed by atoms with Gasteiger partial charge in [0.2, 0.25) is 0 Å². The molecule has 0 aliphatic heterocycles. The Hall–Kier alpha value is -1.54. The molecule has 0 saturated heterocycles. The van der Waals surface area contributed by atoms with E-state index in [0.717, 1.165) is 13.1 Å². The molecule has 1 rings (SSSR count). The summed E-state index contributed by atoms with van der Waals surface area (Å²) in [6, 6.07) is 7.07. The minimum Gasteiger partial charge on any atom is -0.382 e. The van der Waals surface area contributed by atoms with E-state index in [1.807, 2.05) is 6.08 Å². The quantitative estimate of drug-likeness (QED) is 0.616. The second-order valence-electron chi connectivity index (χ2n) is 6.35. The molecule has 0 spiro atoms. The van der Waals surface area contributed by atoms with Crippen molar-refractivity contribution in [1.82, 2.24) is 10.2 Å². The van der Waals surface area contributed by atoms with Gasteiger partial charge in [0.05, 0.1) is 0 Å². The van der Waals surface area contributed by atoms with Gasteiger partial charge in [0.25, 0.3) is 0 Å². The molecule has 0 radical (unpaired) electrons. The lowest BCUT2D eigenvalue weighted by Crippen LogP contribution is -2.28. The Balaban J connectivity index is 2.66. The molecule has 1 aromatic carbocycles. The van der Waals surface area contributed by atoms with Gasteiger partial charge in [-0.25, -0.2) is 0 Å². The van der Waals surface area contributed by atoms with Gasteiger partial charge in [0.1, 0.15) is 0 Å². The SMILES string of the molecule is C=C/C=C(/NC(C)CCCN(CC)CC)c1ccc(C)cc1C. The zero-order valence-corrected chi connectivity index (χ0v) is 15.7. The van der Waals surface area contributed by atoms with Crippen molar-refractivity contribution in [3.63, 3.8) is 0 Å². The van der Waals surface area contributed by atoms with Gasteiger partial charge >= 0.3 is 0 Å². The van der Waals surface area contributed by atoms with Gasteiger partial charge in [-0.2, -0.15) is 0 Å². The van der Waals surface area contributed by atoms with Crippen LogP contribution < -0.4 is 5.32 Å². The first kappa shape index (κ1) is 19.5. The third-order valence-electron chi connectivity index (χ3n) is 4.36. The largest absolute Gasteiger partial charge is 0.382 e. The van der Waals surface area contributed by atoms with Gasteiger partial charge in [-0.1, -0.05) is 50.3 Å². The van der Waals surface area contributed by atoms with Crippen molar-refractivity contribution in [2.45, 2.75) is 53.5 Å². The molecular formula is C21H34N2. The highest BCUT2D eigenvalue weighted by molar-refractivity contribution is 5.68. The van der Waals surface area contributed by atoms with Crippen LogP contribution in [0.25, 0.3) is 5.70 Å². The van der Waals surface area contributed by atoms with E-state index in [-0.39, 0.29) is 0 Å². The van der Waals surface area contributed by atoms with E-state index in [1.54, 1.807) is 0 Å². The first-order valence-electron chi connectivity index (χ1n) is 8.91. The molecule has 0 aliphatic carbocycles. The lowest BCUT2D eigenvalue weighted by atomic mass is 10.0. The van der Waals surface area contributed by atoms with Crippen LogP contribution in [0.4, 0.5) is 0 Å². The molecule has 0 aromatic heterocycles. The monoisotopic (exact) mass is 314 g/mol. The minimum absolute atomic E-state index is 0.456. The Bertz CT molecular complexity index is 513. The van der Waals surface area contributed by atoms with Gasteiger partial charge in [-0.3, -0.25) is 0 Å². The van der Waals surface area contributed by atoms with Crippen LogP contribution in [0, 0.1) is 13.8 Å². The highest BCUT2D eigenvalue weighted by atomic mass is 15.1. The number of benzene rings is 1. The smallest absolute Gasteiger partial charge is 0.0418 e. The van der Waals surface area contributed by atoms with Crippen LogP contribution in [0.3, 0.4) is 0 Å². The van der Waals surface area contributed by atoms with Crippen molar-refractivity contribution >= 4 is 5.70 Å². The maximum Gasteiger partial charge on any atom is 0.0418 e. The molecule has 1 atom stereocenters. The van der Waals surface area contributed by atoms with Crippen LogP contribution in [0.1, 0.15) is 50.3 Å². The van der Waals surface area contributed by atoms with E-state index in [2.05, 4.69) is 75.7 Å². The molecule has 0 fully saturated rings. The number of rotatable bonds is 10. The zero-order valence-electron chi connectivity index (χ0n) is 15.7. The molecule has 1 N–H and O–H groups in total. The molecular weight excluding hydrogens is 280 g/mol. The lowest BCUT2D eigenvalue weighted by molar-refractivity contribution is 0.292. The van der Waals surface area contributed by atoms with Gasteiger partial charge in [0, 0.05) is 17.3 Å². The van der Waals surface area contributed by atoms with Crippen LogP contribution in [-0.4, -0.2) is 30.6 Å². The number of nitrogens with zero attached hydrogens (tertiary/aromatic N) is 1. The van der Waals surface area contributed by atoms with Gasteiger partial charge in [-0.15, -0.1) is 0 Å². The third kappa shape index (κ3) is 6.62. The summed E-state index contributed by atoms with van der Waals surface area (Å²) in [4.78, 5) is 2.48. The Morgan fingerprint density at radius 3 is 2.52 bits per heavy atom. The average Bonchev–Trinajstić information content (AvgIpc) is 2.51. The third-order valence-corrected chi connectivity index (χ3v) is 4.36. The molecule has 0 amide bonds. The normalized spacial score (nSPS) is 13.2. The summed E-state index contributed by atoms with van der Waals surface area (Å²) in [6.07, 6.45) is 6.35. The minimum atomic E-state index is 0.456. The molecule has 23 heavy (non-hydrogen) atoms. The molecule has 0 saturated carbocycles. The number of hydrogen-bond donors (Lipinski definition) is 1. The van der Waals surface area contributed by atoms with Crippen LogP contribution >= 0.6 is 0 Å². The van der Waals surface area contributed by atoms with Gasteiger partial charge < -0.3 is 10.2 Å². The van der Waals surface area contributed by atoms with Crippen LogP contribution in [0.5, 0.6) is 0 Å². The van der Waals surface area contributed by atoms with Crippen molar-refractivity contribution in [1.29, 1.82) is 0 Å². The van der Waals surface area contributed by atoms with Crippen molar-refractivity contribution in [3.8, 4) is 0 Å². The van der Waals surface area contributed by atoms with E-state index < -0.39 is 0 Å². The zero-order chi connectivity index (χ0) is 17.2. The van der Waals surface area contributed by atoms with Gasteiger partial charge in [-0.05, 0) is 64.9 Å². The fourth-order valence-corrected chi connectivity index (χ4v) is 2.95. The second kappa shape index (κ2) is 10.3. The van der Waals surface area contributed by atoms with Crippen LogP contribution in [0.2, 0.25) is 0 Å². The summed E-state index contributed by atoms with van der Waals surface area (Å²) in [5.41, 5.74) is 5.05. The van der Waals surface area contributed by atoms with Crippen molar-refractivity contribution in [3.05, 3.63) is 53.6 Å². The highest BCUT2D eigenvalue weighted by Crippen LogP contribution is 2.19. The number of hydrogen-bond acceptors (Lipinski definition) is 2. The summed E-state index contributed by atoms with van der Waals surface area (Å²) >= 11 is 0. The van der Waals surface area contributed by atoms with Crippen molar-refractivity contribution in [2.24, 2.45) is 0 Å². The first-order valence-corrected chi connectivity index (χ1v) is 8.91. The fraction of sp³-hybridized carbons (Fsp3) is 0.524. The van der Waals surface area contributed by atoms with Crippen LogP contribution in [-0.2, 0) is 0 Å². The number of nitrogens with one attached hydrogen (secondary N) is 1. The molecule has 0 bridgehead atoms. The first-order chi connectivity index (χ1) is 11.0. The summed E-state index contributed by atoms with van der Waals surface area (Å²) < 4.78 is 0. The van der Waals surface area contributed by atoms with Crippen molar-refractivity contribution < 1.29 is 0 Å². The predicted octanol–water partition coefficient (Wildman–Crippen LogP) is 4.93. The van der Waals surface area contributed by atoms with E-state index in [9.17, 15) is 0 Å². The molecule has 2 heteroatoms. The maximum absolute atomic E-state index is 3.86. The lowest BCUT2D eigenvalue weighted by Gasteiger charge is -2.22. The van der Waals surface area contributed by atoms with E-state index >= 15 is 0 Å². The Morgan fingerprint density at radius 2 is 1.96 bits per heavy atom. The molecule has 1 unspecified atom stereocenters.